The standard InChI is InChI=1S/C11H15N5O2/c1-6-2-7(3-9(14-6)16-12)11(18)15-8-4-10(17)13-5-8/h2-3,8H,4-5,12H2,1H3,(H,13,17)(H,14,16)(H,15,18). The third-order valence-electron chi connectivity index (χ3n) is 2.68. The van der Waals surface area contributed by atoms with Gasteiger partial charge in [-0.3, -0.25) is 9.59 Å². The van der Waals surface area contributed by atoms with Crippen molar-refractivity contribution in [2.75, 3.05) is 12.0 Å². The lowest BCUT2D eigenvalue weighted by molar-refractivity contribution is -0.119. The fourth-order valence-electron chi connectivity index (χ4n) is 1.85. The molecule has 1 saturated heterocycles. The summed E-state index contributed by atoms with van der Waals surface area (Å²) in [6, 6.07) is 3.07. The Kier molecular flexibility index (Phi) is 3.42. The normalized spacial score (nSPS) is 18.3. The van der Waals surface area contributed by atoms with E-state index in [0.29, 0.717) is 30.0 Å². The third kappa shape index (κ3) is 2.75. The first-order chi connectivity index (χ1) is 8.58. The highest BCUT2D eigenvalue weighted by Gasteiger charge is 2.23. The second kappa shape index (κ2) is 5.01. The summed E-state index contributed by atoms with van der Waals surface area (Å²) in [5.74, 6) is 5.42. The van der Waals surface area contributed by atoms with Gasteiger partial charge in [0.2, 0.25) is 5.91 Å². The molecule has 1 aromatic rings. The van der Waals surface area contributed by atoms with Crippen molar-refractivity contribution in [3.05, 3.63) is 23.4 Å². The summed E-state index contributed by atoms with van der Waals surface area (Å²) >= 11 is 0. The number of anilines is 1. The molecule has 5 N–H and O–H groups in total. The van der Waals surface area contributed by atoms with Crippen LogP contribution < -0.4 is 21.9 Å². The lowest BCUT2D eigenvalue weighted by Gasteiger charge is -2.11. The summed E-state index contributed by atoms with van der Waals surface area (Å²) in [5, 5.41) is 5.45. The van der Waals surface area contributed by atoms with E-state index in [1.54, 1.807) is 19.1 Å². The SMILES string of the molecule is Cc1cc(C(=O)NC2CNC(=O)C2)cc(NN)n1. The first-order valence-electron chi connectivity index (χ1n) is 5.61. The van der Waals surface area contributed by atoms with Gasteiger partial charge in [0.15, 0.2) is 0 Å². The molecule has 0 bridgehead atoms. The maximum atomic E-state index is 12.0. The second-order valence-corrected chi connectivity index (χ2v) is 4.21. The number of nitrogens with one attached hydrogen (secondary N) is 3. The number of nitrogens with two attached hydrogens (primary N) is 1. The van der Waals surface area contributed by atoms with E-state index in [1.165, 1.54) is 0 Å². The highest BCUT2D eigenvalue weighted by atomic mass is 16.2. The van der Waals surface area contributed by atoms with Gasteiger partial charge in [-0.25, -0.2) is 10.8 Å². The number of rotatable bonds is 3. The topological polar surface area (TPSA) is 109 Å². The van der Waals surface area contributed by atoms with Gasteiger partial charge < -0.3 is 16.1 Å². The summed E-state index contributed by atoms with van der Waals surface area (Å²) < 4.78 is 0. The molecule has 7 heteroatoms. The van der Waals surface area contributed by atoms with Gasteiger partial charge in [0.25, 0.3) is 5.91 Å². The minimum absolute atomic E-state index is 0.0458. The highest BCUT2D eigenvalue weighted by molar-refractivity contribution is 5.95. The number of carbonyl (C=O) groups excluding carboxylic acids is 2. The molecule has 1 aliphatic heterocycles. The number of hydrogen-bond donors (Lipinski definition) is 4. The molecule has 96 valence electrons. The molecule has 2 heterocycles. The highest BCUT2D eigenvalue weighted by Crippen LogP contribution is 2.10. The predicted octanol–water partition coefficient (Wildman–Crippen LogP) is -0.706. The zero-order valence-electron chi connectivity index (χ0n) is 9.99. The lowest BCUT2D eigenvalue weighted by atomic mass is 10.2. The maximum Gasteiger partial charge on any atom is 0.251 e. The van der Waals surface area contributed by atoms with E-state index in [4.69, 9.17) is 5.84 Å². The van der Waals surface area contributed by atoms with Crippen LogP contribution in [-0.4, -0.2) is 29.4 Å². The van der Waals surface area contributed by atoms with Crippen LogP contribution in [-0.2, 0) is 4.79 Å². The fourth-order valence-corrected chi connectivity index (χ4v) is 1.85. The molecule has 0 aromatic carbocycles. The molecule has 18 heavy (non-hydrogen) atoms. The average Bonchev–Trinajstić information content (AvgIpc) is 2.73. The number of hydrogen-bond acceptors (Lipinski definition) is 5. The number of carbonyl (C=O) groups is 2. The Morgan fingerprint density at radius 2 is 2.33 bits per heavy atom. The van der Waals surface area contributed by atoms with Crippen molar-refractivity contribution >= 4 is 17.6 Å². The summed E-state index contributed by atoms with van der Waals surface area (Å²) in [5.41, 5.74) is 3.56. The van der Waals surface area contributed by atoms with Gasteiger partial charge in [-0.15, -0.1) is 0 Å². The van der Waals surface area contributed by atoms with Gasteiger partial charge in [-0.05, 0) is 19.1 Å². The predicted molar refractivity (Wildman–Crippen MR) is 65.7 cm³/mol. The van der Waals surface area contributed by atoms with Crippen LogP contribution in [0, 0.1) is 6.92 Å². The van der Waals surface area contributed by atoms with Gasteiger partial charge in [0.1, 0.15) is 5.82 Å². The number of nitrogen functional groups attached to an aromatic ring is 1. The van der Waals surface area contributed by atoms with Crippen LogP contribution in [0.1, 0.15) is 22.5 Å². The maximum absolute atomic E-state index is 12.0. The molecule has 1 unspecified atom stereocenters. The van der Waals surface area contributed by atoms with Gasteiger partial charge in [0, 0.05) is 24.2 Å². The number of aryl methyl sites for hydroxylation is 1. The van der Waals surface area contributed by atoms with Crippen molar-refractivity contribution in [3.63, 3.8) is 0 Å². The number of amides is 2. The Bertz CT molecular complexity index is 488. The van der Waals surface area contributed by atoms with E-state index >= 15 is 0 Å². The van der Waals surface area contributed by atoms with Crippen LogP contribution in [0.3, 0.4) is 0 Å². The molecule has 1 atom stereocenters. The molecule has 2 rings (SSSR count). The van der Waals surface area contributed by atoms with Crippen LogP contribution in [0.25, 0.3) is 0 Å². The van der Waals surface area contributed by atoms with Crippen molar-refractivity contribution in [2.45, 2.75) is 19.4 Å². The number of hydrazine groups is 1. The zero-order chi connectivity index (χ0) is 13.1. The Balaban J connectivity index is 2.08. The number of aromatic nitrogens is 1. The fraction of sp³-hybridized carbons (Fsp3) is 0.364. The lowest BCUT2D eigenvalue weighted by Crippen LogP contribution is -2.36. The third-order valence-corrected chi connectivity index (χ3v) is 2.68. The van der Waals surface area contributed by atoms with E-state index in [1.807, 2.05) is 0 Å². The van der Waals surface area contributed by atoms with Crippen LogP contribution in [0.2, 0.25) is 0 Å². The molecule has 1 aromatic heterocycles. The molecule has 1 fully saturated rings. The van der Waals surface area contributed by atoms with Crippen LogP contribution in [0.5, 0.6) is 0 Å². The van der Waals surface area contributed by atoms with E-state index in [0.717, 1.165) is 0 Å². The van der Waals surface area contributed by atoms with Gasteiger partial charge in [-0.1, -0.05) is 0 Å². The molecule has 0 radical (unpaired) electrons. The first-order valence-corrected chi connectivity index (χ1v) is 5.61. The quantitative estimate of drug-likeness (QED) is 0.418. The van der Waals surface area contributed by atoms with E-state index in [-0.39, 0.29) is 17.9 Å². The summed E-state index contributed by atoms with van der Waals surface area (Å²) in [7, 11) is 0. The first kappa shape index (κ1) is 12.3. The molecule has 2 amide bonds. The van der Waals surface area contributed by atoms with Crippen molar-refractivity contribution < 1.29 is 9.59 Å². The minimum Gasteiger partial charge on any atom is -0.354 e. The van der Waals surface area contributed by atoms with Crippen molar-refractivity contribution in [2.24, 2.45) is 5.84 Å². The van der Waals surface area contributed by atoms with Crippen LogP contribution >= 0.6 is 0 Å². The van der Waals surface area contributed by atoms with E-state index in [9.17, 15) is 9.59 Å². The Labute approximate surface area is 104 Å². The summed E-state index contributed by atoms with van der Waals surface area (Å²) in [6.45, 7) is 2.24. The Morgan fingerprint density at radius 3 is 2.94 bits per heavy atom. The second-order valence-electron chi connectivity index (χ2n) is 4.21. The summed E-state index contributed by atoms with van der Waals surface area (Å²) in [4.78, 5) is 27.1. The monoisotopic (exact) mass is 249 g/mol. The number of nitrogens with zero attached hydrogens (tertiary/aromatic N) is 1. The molecule has 0 aliphatic carbocycles. The van der Waals surface area contributed by atoms with Crippen molar-refractivity contribution in [1.29, 1.82) is 0 Å². The Morgan fingerprint density at radius 1 is 1.56 bits per heavy atom. The van der Waals surface area contributed by atoms with Crippen LogP contribution in [0.4, 0.5) is 5.82 Å². The largest absolute Gasteiger partial charge is 0.354 e. The van der Waals surface area contributed by atoms with Gasteiger partial charge in [-0.2, -0.15) is 0 Å². The van der Waals surface area contributed by atoms with Crippen molar-refractivity contribution in [3.8, 4) is 0 Å². The molecular formula is C11H15N5O2. The van der Waals surface area contributed by atoms with Gasteiger partial charge >= 0.3 is 0 Å². The smallest absolute Gasteiger partial charge is 0.251 e. The van der Waals surface area contributed by atoms with E-state index < -0.39 is 0 Å². The van der Waals surface area contributed by atoms with Gasteiger partial charge in [0.05, 0.1) is 6.04 Å². The average molecular weight is 249 g/mol. The van der Waals surface area contributed by atoms with Crippen molar-refractivity contribution in [1.82, 2.24) is 15.6 Å². The number of pyridine rings is 1. The molecule has 0 spiro atoms. The molecule has 7 nitrogen and oxygen atoms in total. The minimum atomic E-state index is -0.237. The zero-order valence-corrected chi connectivity index (χ0v) is 9.99. The summed E-state index contributed by atoms with van der Waals surface area (Å²) in [6.07, 6.45) is 0.317. The Hall–Kier alpha value is -2.15. The van der Waals surface area contributed by atoms with Crippen LogP contribution in [0.15, 0.2) is 12.1 Å². The molecule has 0 saturated carbocycles. The molecule has 1 aliphatic rings. The van der Waals surface area contributed by atoms with E-state index in [2.05, 4.69) is 21.0 Å². The molecular weight excluding hydrogens is 234 g/mol.